The molecule has 1 aliphatic rings. The first-order valence-corrected chi connectivity index (χ1v) is 13.9. The Labute approximate surface area is 217 Å². The molecule has 1 fully saturated rings. The number of benzene rings is 3. The van der Waals surface area contributed by atoms with E-state index in [0.29, 0.717) is 11.7 Å². The standard InChI is InChI=1S/C31H38O4S/c1-22-19-30(5,6)21-31(20-22,24-9-13-27(14-10-24)35-29(2,3)4)23-7-11-25(12-8-23)34-26-15-17-28(18-16-26)36(32)33/h7-18,22,36H,19-21H2,1-6H3. The zero-order chi connectivity index (χ0) is 26.1. The molecule has 3 aromatic rings. The van der Waals surface area contributed by atoms with Crippen LogP contribution in [0.25, 0.3) is 0 Å². The molecule has 0 heterocycles. The van der Waals surface area contributed by atoms with Gasteiger partial charge in [-0.25, -0.2) is 8.42 Å². The Kier molecular flexibility index (Phi) is 7.25. The van der Waals surface area contributed by atoms with Gasteiger partial charge in [0.1, 0.15) is 22.8 Å². The quantitative estimate of drug-likeness (QED) is 0.347. The SMILES string of the molecule is CC1CC(C)(C)CC(c2ccc(Oc3ccc([SH](=O)=O)cc3)cc2)(c2ccc(OC(C)(C)C)cc2)C1. The molecule has 2 atom stereocenters. The largest absolute Gasteiger partial charge is 0.488 e. The molecule has 0 amide bonds. The van der Waals surface area contributed by atoms with Crippen molar-refractivity contribution in [3.8, 4) is 17.2 Å². The van der Waals surface area contributed by atoms with Gasteiger partial charge in [0.15, 0.2) is 10.7 Å². The van der Waals surface area contributed by atoms with E-state index in [-0.39, 0.29) is 21.3 Å². The molecule has 0 saturated heterocycles. The summed E-state index contributed by atoms with van der Waals surface area (Å²) in [6.07, 6.45) is 3.37. The maximum atomic E-state index is 11.1. The van der Waals surface area contributed by atoms with Crippen LogP contribution < -0.4 is 9.47 Å². The van der Waals surface area contributed by atoms with Gasteiger partial charge in [-0.3, -0.25) is 0 Å². The van der Waals surface area contributed by atoms with Crippen LogP contribution in [0.4, 0.5) is 0 Å². The van der Waals surface area contributed by atoms with Gasteiger partial charge in [-0.05, 0) is 111 Å². The summed E-state index contributed by atoms with van der Waals surface area (Å²) in [5, 5.41) is 0. The summed E-state index contributed by atoms with van der Waals surface area (Å²) in [6.45, 7) is 13.3. The minimum atomic E-state index is -2.59. The van der Waals surface area contributed by atoms with E-state index < -0.39 is 10.7 Å². The average molecular weight is 507 g/mol. The monoisotopic (exact) mass is 506 g/mol. The van der Waals surface area contributed by atoms with Crippen LogP contribution in [0.3, 0.4) is 0 Å². The molecule has 5 heteroatoms. The summed E-state index contributed by atoms with van der Waals surface area (Å²) in [6, 6.07) is 23.6. The van der Waals surface area contributed by atoms with Crippen molar-refractivity contribution in [1.82, 2.24) is 0 Å². The van der Waals surface area contributed by atoms with E-state index >= 15 is 0 Å². The van der Waals surface area contributed by atoms with Gasteiger partial charge in [-0.15, -0.1) is 0 Å². The Bertz CT molecular complexity index is 1240. The third-order valence-electron chi connectivity index (χ3n) is 6.90. The molecule has 0 aromatic heterocycles. The summed E-state index contributed by atoms with van der Waals surface area (Å²) in [5.74, 6) is 2.83. The third-order valence-corrected chi connectivity index (χ3v) is 7.62. The minimum Gasteiger partial charge on any atom is -0.488 e. The Morgan fingerprint density at radius 3 is 1.67 bits per heavy atom. The number of hydrogen-bond donors (Lipinski definition) is 1. The lowest BCUT2D eigenvalue weighted by Crippen LogP contribution is -2.41. The Morgan fingerprint density at radius 1 is 0.750 bits per heavy atom. The predicted molar refractivity (Wildman–Crippen MR) is 146 cm³/mol. The molecule has 0 radical (unpaired) electrons. The van der Waals surface area contributed by atoms with Gasteiger partial charge in [-0.1, -0.05) is 45.0 Å². The van der Waals surface area contributed by atoms with Crippen molar-refractivity contribution in [3.05, 3.63) is 83.9 Å². The summed E-state index contributed by atoms with van der Waals surface area (Å²) in [4.78, 5) is 0.280. The van der Waals surface area contributed by atoms with Crippen LogP contribution in [0.5, 0.6) is 17.2 Å². The maximum absolute atomic E-state index is 11.1. The van der Waals surface area contributed by atoms with Gasteiger partial charge in [0.25, 0.3) is 0 Å². The van der Waals surface area contributed by atoms with Crippen molar-refractivity contribution in [2.24, 2.45) is 11.3 Å². The normalized spacial score (nSPS) is 21.8. The molecule has 3 aromatic carbocycles. The van der Waals surface area contributed by atoms with Crippen LogP contribution in [-0.4, -0.2) is 14.0 Å². The molecule has 0 aliphatic heterocycles. The first kappa shape index (κ1) is 26.3. The molecule has 0 spiro atoms. The van der Waals surface area contributed by atoms with E-state index in [1.165, 1.54) is 17.5 Å². The van der Waals surface area contributed by atoms with E-state index in [4.69, 9.17) is 9.47 Å². The van der Waals surface area contributed by atoms with E-state index in [0.717, 1.165) is 24.3 Å². The van der Waals surface area contributed by atoms with Gasteiger partial charge in [-0.2, -0.15) is 0 Å². The zero-order valence-corrected chi connectivity index (χ0v) is 23.1. The van der Waals surface area contributed by atoms with Gasteiger partial charge in [0.2, 0.25) is 0 Å². The zero-order valence-electron chi connectivity index (χ0n) is 22.2. The van der Waals surface area contributed by atoms with Crippen molar-refractivity contribution in [3.63, 3.8) is 0 Å². The number of ether oxygens (including phenoxy) is 2. The summed E-state index contributed by atoms with van der Waals surface area (Å²) in [7, 11) is -2.59. The van der Waals surface area contributed by atoms with Gasteiger partial charge < -0.3 is 9.47 Å². The van der Waals surface area contributed by atoms with Gasteiger partial charge in [0.05, 0.1) is 4.90 Å². The first-order chi connectivity index (χ1) is 16.9. The second kappa shape index (κ2) is 9.93. The van der Waals surface area contributed by atoms with Crippen LogP contribution in [0.15, 0.2) is 77.7 Å². The molecule has 1 saturated carbocycles. The fraction of sp³-hybridized carbons (Fsp3) is 0.419. The summed E-state index contributed by atoms with van der Waals surface area (Å²) in [5.41, 5.74) is 2.50. The third kappa shape index (κ3) is 6.12. The Balaban J connectivity index is 1.66. The minimum absolute atomic E-state index is 0.0962. The Hall–Kier alpha value is -2.79. The van der Waals surface area contributed by atoms with E-state index in [1.54, 1.807) is 24.3 Å². The molecular weight excluding hydrogens is 468 g/mol. The van der Waals surface area contributed by atoms with Crippen LogP contribution in [0, 0.1) is 11.3 Å². The first-order valence-electron chi connectivity index (χ1n) is 12.7. The number of hydrogen-bond acceptors (Lipinski definition) is 4. The Morgan fingerprint density at radius 2 is 1.22 bits per heavy atom. The molecule has 4 nitrogen and oxygen atoms in total. The van der Waals surface area contributed by atoms with E-state index in [9.17, 15) is 8.42 Å². The highest BCUT2D eigenvalue weighted by Crippen LogP contribution is 2.53. The molecule has 0 bridgehead atoms. The van der Waals surface area contributed by atoms with Crippen molar-refractivity contribution >= 4 is 10.7 Å². The smallest absolute Gasteiger partial charge is 0.168 e. The van der Waals surface area contributed by atoms with E-state index in [1.807, 2.05) is 12.1 Å². The maximum Gasteiger partial charge on any atom is 0.168 e. The van der Waals surface area contributed by atoms with Crippen LogP contribution in [0.2, 0.25) is 0 Å². The lowest BCUT2D eigenvalue weighted by atomic mass is 9.55. The number of thiol groups is 1. The molecule has 192 valence electrons. The molecule has 4 rings (SSSR count). The number of rotatable bonds is 6. The van der Waals surface area contributed by atoms with E-state index in [2.05, 4.69) is 77.9 Å². The highest BCUT2D eigenvalue weighted by Gasteiger charge is 2.45. The van der Waals surface area contributed by atoms with Crippen molar-refractivity contribution < 1.29 is 17.9 Å². The summed E-state index contributed by atoms with van der Waals surface area (Å²) < 4.78 is 34.4. The second-order valence-electron chi connectivity index (χ2n) is 12.1. The van der Waals surface area contributed by atoms with Crippen molar-refractivity contribution in [2.45, 2.75) is 76.7 Å². The molecule has 0 N–H and O–H groups in total. The fourth-order valence-corrected chi connectivity index (χ4v) is 6.38. The lowest BCUT2D eigenvalue weighted by molar-refractivity contribution is 0.125. The van der Waals surface area contributed by atoms with Gasteiger partial charge >= 0.3 is 0 Å². The topological polar surface area (TPSA) is 52.6 Å². The van der Waals surface area contributed by atoms with Crippen molar-refractivity contribution in [1.29, 1.82) is 0 Å². The predicted octanol–water partition coefficient (Wildman–Crippen LogP) is 7.76. The second-order valence-corrected chi connectivity index (χ2v) is 13.1. The highest BCUT2D eigenvalue weighted by atomic mass is 32.2. The van der Waals surface area contributed by atoms with Crippen LogP contribution in [-0.2, 0) is 16.1 Å². The molecular formula is C31H38O4S. The van der Waals surface area contributed by atoms with Crippen LogP contribution >= 0.6 is 0 Å². The lowest BCUT2D eigenvalue weighted by Gasteiger charge is -2.48. The summed E-state index contributed by atoms with van der Waals surface area (Å²) >= 11 is 0. The highest BCUT2D eigenvalue weighted by molar-refractivity contribution is 7.72. The molecule has 1 aliphatic carbocycles. The van der Waals surface area contributed by atoms with Crippen molar-refractivity contribution in [2.75, 3.05) is 0 Å². The van der Waals surface area contributed by atoms with Gasteiger partial charge in [0, 0.05) is 5.41 Å². The average Bonchev–Trinajstić information content (AvgIpc) is 2.78. The fourth-order valence-electron chi connectivity index (χ4n) is 5.99. The van der Waals surface area contributed by atoms with Crippen LogP contribution in [0.1, 0.15) is 71.9 Å². The molecule has 36 heavy (non-hydrogen) atoms. The molecule has 2 unspecified atom stereocenters.